The van der Waals surface area contributed by atoms with E-state index in [1.807, 2.05) is 0 Å². The largest absolute Gasteiger partial charge is 0.493 e. The highest BCUT2D eigenvalue weighted by atomic mass is 19.3. The fraction of sp³-hybridized carbons (Fsp3) is 0.500. The Morgan fingerprint density at radius 2 is 2.05 bits per heavy atom. The Morgan fingerprint density at radius 3 is 2.55 bits per heavy atom. The van der Waals surface area contributed by atoms with Gasteiger partial charge in [-0.2, -0.15) is 0 Å². The summed E-state index contributed by atoms with van der Waals surface area (Å²) in [6, 6.07) is 4.77. The van der Waals surface area contributed by atoms with E-state index in [1.165, 1.54) is 19.1 Å². The lowest BCUT2D eigenvalue weighted by atomic mass is 10.1. The lowest BCUT2D eigenvalue weighted by molar-refractivity contribution is 0.0531. The van der Waals surface area contributed by atoms with Gasteiger partial charge in [0.05, 0.1) is 26.3 Å². The zero-order valence-electron chi connectivity index (χ0n) is 11.4. The van der Waals surface area contributed by atoms with Crippen LogP contribution < -0.4 is 9.47 Å². The maximum atomic E-state index is 12.6. The minimum atomic E-state index is -2.55. The number of hydrogen-bond acceptors (Lipinski definition) is 3. The van der Waals surface area contributed by atoms with Gasteiger partial charge in [0.25, 0.3) is 12.3 Å². The molecule has 0 aromatic heterocycles. The molecule has 1 aliphatic rings. The number of para-hydroxylation sites is 1. The second-order valence-electron chi connectivity index (χ2n) is 4.62. The highest BCUT2D eigenvalue weighted by Crippen LogP contribution is 2.34. The number of carbonyl (C=O) groups is 1. The molecule has 1 fully saturated rings. The van der Waals surface area contributed by atoms with Crippen LogP contribution in [0.4, 0.5) is 8.78 Å². The second kappa shape index (κ2) is 6.07. The number of ether oxygens (including phenoxy) is 2. The molecule has 6 heteroatoms. The van der Waals surface area contributed by atoms with Crippen LogP contribution in [0.2, 0.25) is 0 Å². The van der Waals surface area contributed by atoms with E-state index in [0.29, 0.717) is 5.75 Å². The molecule has 0 N–H and O–H groups in total. The van der Waals surface area contributed by atoms with Gasteiger partial charge >= 0.3 is 0 Å². The first-order valence-corrected chi connectivity index (χ1v) is 6.38. The Bertz CT molecular complexity index is 489. The van der Waals surface area contributed by atoms with Crippen molar-refractivity contribution in [3.63, 3.8) is 0 Å². The average Bonchev–Trinajstić information content (AvgIpc) is 3.27. The van der Waals surface area contributed by atoms with Gasteiger partial charge < -0.3 is 14.4 Å². The Labute approximate surface area is 116 Å². The van der Waals surface area contributed by atoms with Crippen LogP contribution in [0, 0.1) is 0 Å². The molecule has 0 aliphatic heterocycles. The summed E-state index contributed by atoms with van der Waals surface area (Å²) >= 11 is 0. The van der Waals surface area contributed by atoms with Gasteiger partial charge in [0.1, 0.15) is 0 Å². The molecule has 0 radical (unpaired) electrons. The summed E-state index contributed by atoms with van der Waals surface area (Å²) in [6.07, 6.45) is -1.01. The van der Waals surface area contributed by atoms with E-state index in [9.17, 15) is 13.6 Å². The smallest absolute Gasteiger partial charge is 0.258 e. The van der Waals surface area contributed by atoms with E-state index in [2.05, 4.69) is 0 Å². The third-order valence-corrected chi connectivity index (χ3v) is 3.22. The van der Waals surface area contributed by atoms with Crippen molar-refractivity contribution in [3.8, 4) is 11.5 Å². The molecule has 0 heterocycles. The molecule has 0 bridgehead atoms. The highest BCUT2D eigenvalue weighted by molar-refractivity contribution is 5.98. The summed E-state index contributed by atoms with van der Waals surface area (Å²) < 4.78 is 35.6. The van der Waals surface area contributed by atoms with Crippen molar-refractivity contribution in [2.45, 2.75) is 25.3 Å². The number of halogens is 2. The summed E-state index contributed by atoms with van der Waals surface area (Å²) in [5.41, 5.74) is 0.249. The predicted molar refractivity (Wildman–Crippen MR) is 69.6 cm³/mol. The lowest BCUT2D eigenvalue weighted by Gasteiger charge is -2.23. The van der Waals surface area contributed by atoms with Gasteiger partial charge in [-0.15, -0.1) is 0 Å². The minimum Gasteiger partial charge on any atom is -0.493 e. The molecular formula is C14H17F2NO3. The van der Waals surface area contributed by atoms with Gasteiger partial charge in [0.2, 0.25) is 0 Å². The number of carbonyl (C=O) groups excluding carboxylic acids is 1. The molecule has 110 valence electrons. The van der Waals surface area contributed by atoms with Crippen LogP contribution in [0.1, 0.15) is 23.2 Å². The third-order valence-electron chi connectivity index (χ3n) is 3.22. The van der Waals surface area contributed by atoms with E-state index in [1.54, 1.807) is 18.2 Å². The Balaban J connectivity index is 2.31. The van der Waals surface area contributed by atoms with Crippen molar-refractivity contribution in [1.82, 2.24) is 4.90 Å². The fourth-order valence-corrected chi connectivity index (χ4v) is 2.14. The van der Waals surface area contributed by atoms with Gasteiger partial charge in [-0.3, -0.25) is 4.79 Å². The average molecular weight is 285 g/mol. The quantitative estimate of drug-likeness (QED) is 0.806. The molecular weight excluding hydrogens is 268 g/mol. The lowest BCUT2D eigenvalue weighted by Crippen LogP contribution is -2.37. The zero-order valence-corrected chi connectivity index (χ0v) is 11.4. The molecule has 20 heavy (non-hydrogen) atoms. The second-order valence-corrected chi connectivity index (χ2v) is 4.62. The highest BCUT2D eigenvalue weighted by Gasteiger charge is 2.36. The number of alkyl halides is 2. The zero-order chi connectivity index (χ0) is 14.7. The predicted octanol–water partition coefficient (Wildman–Crippen LogP) is 2.57. The van der Waals surface area contributed by atoms with E-state index < -0.39 is 18.9 Å². The van der Waals surface area contributed by atoms with Crippen molar-refractivity contribution in [2.24, 2.45) is 0 Å². The van der Waals surface area contributed by atoms with E-state index in [4.69, 9.17) is 9.47 Å². The standard InChI is InChI=1S/C14H17F2NO3/c1-19-11-5-3-4-10(13(11)20-2)14(18)17(8-12(15)16)9-6-7-9/h3-5,9,12H,6-8H2,1-2H3. The summed E-state index contributed by atoms with van der Waals surface area (Å²) in [7, 11) is 2.88. The summed E-state index contributed by atoms with van der Waals surface area (Å²) in [4.78, 5) is 13.7. The Kier molecular flexibility index (Phi) is 4.42. The molecule has 1 aromatic rings. The molecule has 1 amide bonds. The first-order valence-electron chi connectivity index (χ1n) is 6.38. The van der Waals surface area contributed by atoms with Gasteiger partial charge in [0.15, 0.2) is 11.5 Å². The molecule has 0 unspecified atom stereocenters. The van der Waals surface area contributed by atoms with Crippen LogP contribution in [0.5, 0.6) is 11.5 Å². The number of benzene rings is 1. The molecule has 0 spiro atoms. The van der Waals surface area contributed by atoms with Gasteiger partial charge in [-0.1, -0.05) is 6.07 Å². The molecule has 2 rings (SSSR count). The first kappa shape index (κ1) is 14.6. The van der Waals surface area contributed by atoms with Crippen LogP contribution in [0.15, 0.2) is 18.2 Å². The third kappa shape index (κ3) is 3.00. The van der Waals surface area contributed by atoms with E-state index >= 15 is 0 Å². The number of methoxy groups -OCH3 is 2. The van der Waals surface area contributed by atoms with Gasteiger partial charge in [0, 0.05) is 6.04 Å². The maximum Gasteiger partial charge on any atom is 0.258 e. The summed E-state index contributed by atoms with van der Waals surface area (Å²) in [5, 5.41) is 0. The maximum absolute atomic E-state index is 12.6. The van der Waals surface area contributed by atoms with Crippen molar-refractivity contribution < 1.29 is 23.0 Å². The van der Waals surface area contributed by atoms with Crippen molar-refractivity contribution in [1.29, 1.82) is 0 Å². The number of hydrogen-bond donors (Lipinski definition) is 0. The van der Waals surface area contributed by atoms with Crippen LogP contribution in [0.3, 0.4) is 0 Å². The monoisotopic (exact) mass is 285 g/mol. The minimum absolute atomic E-state index is 0.0904. The van der Waals surface area contributed by atoms with Gasteiger partial charge in [-0.05, 0) is 25.0 Å². The molecule has 1 aliphatic carbocycles. The summed E-state index contributed by atoms with van der Waals surface area (Å²) in [6.45, 7) is -0.552. The SMILES string of the molecule is COc1cccc(C(=O)N(CC(F)F)C2CC2)c1OC. The normalized spacial score (nSPS) is 14.2. The number of amides is 1. The van der Waals surface area contributed by atoms with Crippen LogP contribution in [-0.2, 0) is 0 Å². The van der Waals surface area contributed by atoms with Gasteiger partial charge in [-0.25, -0.2) is 8.78 Å². The molecule has 4 nitrogen and oxygen atoms in total. The van der Waals surface area contributed by atoms with Crippen LogP contribution in [0.25, 0.3) is 0 Å². The van der Waals surface area contributed by atoms with E-state index in [0.717, 1.165) is 12.8 Å². The van der Waals surface area contributed by atoms with Crippen molar-refractivity contribution in [2.75, 3.05) is 20.8 Å². The van der Waals surface area contributed by atoms with Crippen molar-refractivity contribution in [3.05, 3.63) is 23.8 Å². The van der Waals surface area contributed by atoms with Crippen LogP contribution >= 0.6 is 0 Å². The first-order chi connectivity index (χ1) is 9.58. The van der Waals surface area contributed by atoms with E-state index in [-0.39, 0.29) is 17.4 Å². The summed E-state index contributed by atoms with van der Waals surface area (Å²) in [5.74, 6) is 0.245. The van der Waals surface area contributed by atoms with Crippen LogP contribution in [-0.4, -0.2) is 44.0 Å². The Hall–Kier alpha value is -1.85. The fourth-order valence-electron chi connectivity index (χ4n) is 2.14. The Morgan fingerprint density at radius 1 is 1.35 bits per heavy atom. The molecule has 0 atom stereocenters. The molecule has 0 saturated heterocycles. The number of rotatable bonds is 6. The number of nitrogens with zero attached hydrogens (tertiary/aromatic N) is 1. The molecule has 1 aromatic carbocycles. The van der Waals surface area contributed by atoms with Crippen molar-refractivity contribution >= 4 is 5.91 Å². The topological polar surface area (TPSA) is 38.8 Å². The molecule has 1 saturated carbocycles.